The number of rotatable bonds is 5. The van der Waals surface area contributed by atoms with Crippen molar-refractivity contribution in [3.8, 4) is 0 Å². The second-order valence-corrected chi connectivity index (χ2v) is 5.80. The number of carbonyl (C=O) groups excluding carboxylic acids is 2. The SMILES string of the molecule is CCOC(=O)C(C)(C)C(=O)Cn1cc(Cl)c2ccccc21. The van der Waals surface area contributed by atoms with E-state index < -0.39 is 11.4 Å². The lowest BCUT2D eigenvalue weighted by Crippen LogP contribution is -2.37. The number of esters is 1. The highest BCUT2D eigenvalue weighted by molar-refractivity contribution is 6.35. The van der Waals surface area contributed by atoms with Crippen LogP contribution in [0.25, 0.3) is 10.9 Å². The van der Waals surface area contributed by atoms with Gasteiger partial charge in [0.15, 0.2) is 5.78 Å². The van der Waals surface area contributed by atoms with Crippen LogP contribution in [0.4, 0.5) is 0 Å². The first-order chi connectivity index (χ1) is 9.87. The Balaban J connectivity index is 2.28. The van der Waals surface area contributed by atoms with Gasteiger partial charge >= 0.3 is 5.97 Å². The smallest absolute Gasteiger partial charge is 0.319 e. The number of carbonyl (C=O) groups is 2. The van der Waals surface area contributed by atoms with E-state index in [9.17, 15) is 9.59 Å². The molecule has 0 unspecified atom stereocenters. The Morgan fingerprint density at radius 2 is 1.95 bits per heavy atom. The number of ether oxygens (including phenoxy) is 1. The molecule has 0 aliphatic carbocycles. The first-order valence-corrected chi connectivity index (χ1v) is 7.19. The van der Waals surface area contributed by atoms with Gasteiger partial charge in [0.25, 0.3) is 0 Å². The third-order valence-electron chi connectivity index (χ3n) is 3.54. The second kappa shape index (κ2) is 5.90. The first kappa shape index (κ1) is 15.6. The maximum Gasteiger partial charge on any atom is 0.319 e. The molecule has 0 aliphatic rings. The quantitative estimate of drug-likeness (QED) is 0.628. The second-order valence-electron chi connectivity index (χ2n) is 5.39. The van der Waals surface area contributed by atoms with Crippen molar-refractivity contribution in [2.45, 2.75) is 27.3 Å². The minimum Gasteiger partial charge on any atom is -0.465 e. The number of hydrogen-bond donors (Lipinski definition) is 0. The highest BCUT2D eigenvalue weighted by Gasteiger charge is 2.37. The minimum atomic E-state index is -1.17. The van der Waals surface area contributed by atoms with Gasteiger partial charge in [-0.2, -0.15) is 0 Å². The van der Waals surface area contributed by atoms with Crippen LogP contribution < -0.4 is 0 Å². The Morgan fingerprint density at radius 3 is 2.62 bits per heavy atom. The number of Topliss-reactive ketones (excluding diaryl/α,β-unsaturated/α-hetero) is 1. The summed E-state index contributed by atoms with van der Waals surface area (Å²) in [6.45, 7) is 5.23. The van der Waals surface area contributed by atoms with Gasteiger partial charge in [0.1, 0.15) is 5.41 Å². The van der Waals surface area contributed by atoms with Gasteiger partial charge in [0.05, 0.1) is 18.2 Å². The fourth-order valence-corrected chi connectivity index (χ4v) is 2.39. The lowest BCUT2D eigenvalue weighted by molar-refractivity contribution is -0.158. The van der Waals surface area contributed by atoms with Crippen molar-refractivity contribution in [1.82, 2.24) is 4.57 Å². The third-order valence-corrected chi connectivity index (χ3v) is 3.84. The molecule has 0 radical (unpaired) electrons. The molecule has 0 aliphatic heterocycles. The number of ketones is 1. The van der Waals surface area contributed by atoms with Crippen molar-refractivity contribution in [2.24, 2.45) is 5.41 Å². The maximum absolute atomic E-state index is 12.4. The zero-order valence-corrected chi connectivity index (χ0v) is 13.1. The van der Waals surface area contributed by atoms with E-state index in [4.69, 9.17) is 16.3 Å². The summed E-state index contributed by atoms with van der Waals surface area (Å²) in [5, 5.41) is 1.48. The van der Waals surface area contributed by atoms with Crippen LogP contribution in [-0.4, -0.2) is 22.9 Å². The molecule has 0 fully saturated rings. The zero-order chi connectivity index (χ0) is 15.6. The largest absolute Gasteiger partial charge is 0.465 e. The highest BCUT2D eigenvalue weighted by atomic mass is 35.5. The minimum absolute atomic E-state index is 0.0824. The average molecular weight is 308 g/mol. The number of hydrogen-bond acceptors (Lipinski definition) is 3. The van der Waals surface area contributed by atoms with Crippen molar-refractivity contribution in [1.29, 1.82) is 0 Å². The molecule has 2 rings (SSSR count). The number of benzene rings is 1. The number of halogens is 1. The number of aromatic nitrogens is 1. The molecule has 5 heteroatoms. The molecule has 1 aromatic heterocycles. The number of nitrogens with zero attached hydrogens (tertiary/aromatic N) is 1. The summed E-state index contributed by atoms with van der Waals surface area (Å²) in [6.07, 6.45) is 1.71. The van der Waals surface area contributed by atoms with Crippen molar-refractivity contribution >= 4 is 34.3 Å². The third kappa shape index (κ3) is 2.95. The van der Waals surface area contributed by atoms with Gasteiger partial charge in [-0.3, -0.25) is 9.59 Å². The van der Waals surface area contributed by atoms with Gasteiger partial charge in [-0.05, 0) is 26.8 Å². The topological polar surface area (TPSA) is 48.3 Å². The van der Waals surface area contributed by atoms with Crippen LogP contribution in [0.3, 0.4) is 0 Å². The van der Waals surface area contributed by atoms with Gasteiger partial charge in [0, 0.05) is 17.1 Å². The van der Waals surface area contributed by atoms with E-state index in [0.29, 0.717) is 5.02 Å². The molecule has 1 aromatic carbocycles. The summed E-state index contributed by atoms with van der Waals surface area (Å²) < 4.78 is 6.73. The fourth-order valence-electron chi connectivity index (χ4n) is 2.11. The van der Waals surface area contributed by atoms with Crippen molar-refractivity contribution in [3.05, 3.63) is 35.5 Å². The summed E-state index contributed by atoms with van der Waals surface area (Å²) in [6, 6.07) is 7.57. The molecule has 0 saturated carbocycles. The van der Waals surface area contributed by atoms with E-state index in [1.165, 1.54) is 0 Å². The Labute approximate surface area is 128 Å². The van der Waals surface area contributed by atoms with Crippen LogP contribution in [-0.2, 0) is 20.9 Å². The molecule has 1 heterocycles. The summed E-state index contributed by atoms with van der Waals surface area (Å²) in [5.41, 5.74) is -0.302. The molecule has 0 saturated heterocycles. The Morgan fingerprint density at radius 1 is 1.29 bits per heavy atom. The molecule has 0 atom stereocenters. The predicted octanol–water partition coefficient (Wildman–Crippen LogP) is 3.45. The van der Waals surface area contributed by atoms with Crippen LogP contribution in [0.15, 0.2) is 30.5 Å². The molecule has 4 nitrogen and oxygen atoms in total. The summed E-state index contributed by atoms with van der Waals surface area (Å²) in [4.78, 5) is 24.3. The Kier molecular flexibility index (Phi) is 4.37. The van der Waals surface area contributed by atoms with Crippen LogP contribution >= 0.6 is 11.6 Å². The molecule has 112 valence electrons. The van der Waals surface area contributed by atoms with Gasteiger partial charge in [-0.1, -0.05) is 29.8 Å². The normalized spacial score (nSPS) is 11.6. The first-order valence-electron chi connectivity index (χ1n) is 6.81. The molecule has 0 spiro atoms. The highest BCUT2D eigenvalue weighted by Crippen LogP contribution is 2.27. The fraction of sp³-hybridized carbons (Fsp3) is 0.375. The van der Waals surface area contributed by atoms with Crippen LogP contribution in [0.2, 0.25) is 5.02 Å². The van der Waals surface area contributed by atoms with Gasteiger partial charge in [0.2, 0.25) is 0 Å². The molecular weight excluding hydrogens is 290 g/mol. The monoisotopic (exact) mass is 307 g/mol. The summed E-state index contributed by atoms with van der Waals surface area (Å²) in [5.74, 6) is -0.712. The van der Waals surface area contributed by atoms with Crippen LogP contribution in [0.1, 0.15) is 20.8 Å². The molecule has 0 amide bonds. The maximum atomic E-state index is 12.4. The van der Waals surface area contributed by atoms with E-state index in [0.717, 1.165) is 10.9 Å². The van der Waals surface area contributed by atoms with Crippen molar-refractivity contribution in [2.75, 3.05) is 6.61 Å². The van der Waals surface area contributed by atoms with E-state index in [2.05, 4.69) is 0 Å². The predicted molar refractivity (Wildman–Crippen MR) is 82.4 cm³/mol. The summed E-state index contributed by atoms with van der Waals surface area (Å²) >= 11 is 6.16. The number of fused-ring (bicyclic) bond motifs is 1. The molecule has 0 bridgehead atoms. The molecule has 0 N–H and O–H groups in total. The molecule has 2 aromatic rings. The van der Waals surface area contributed by atoms with Crippen molar-refractivity contribution < 1.29 is 14.3 Å². The Bertz CT molecular complexity index is 688. The van der Waals surface area contributed by atoms with E-state index in [1.54, 1.807) is 31.5 Å². The van der Waals surface area contributed by atoms with E-state index in [1.807, 2.05) is 24.3 Å². The zero-order valence-electron chi connectivity index (χ0n) is 12.4. The lowest BCUT2D eigenvalue weighted by Gasteiger charge is -2.21. The number of para-hydroxylation sites is 1. The average Bonchev–Trinajstić information content (AvgIpc) is 2.76. The molecular formula is C16H18ClNO3. The van der Waals surface area contributed by atoms with Crippen LogP contribution in [0, 0.1) is 5.41 Å². The van der Waals surface area contributed by atoms with Gasteiger partial charge < -0.3 is 9.30 Å². The van der Waals surface area contributed by atoms with E-state index >= 15 is 0 Å². The van der Waals surface area contributed by atoms with E-state index in [-0.39, 0.29) is 18.9 Å². The van der Waals surface area contributed by atoms with Gasteiger partial charge in [-0.15, -0.1) is 0 Å². The standard InChI is InChI=1S/C16H18ClNO3/c1-4-21-15(20)16(2,3)14(19)10-18-9-12(17)11-7-5-6-8-13(11)18/h5-9H,4,10H2,1-3H3. The van der Waals surface area contributed by atoms with Gasteiger partial charge in [-0.25, -0.2) is 0 Å². The Hall–Kier alpha value is -1.81. The molecule has 21 heavy (non-hydrogen) atoms. The van der Waals surface area contributed by atoms with Crippen LogP contribution in [0.5, 0.6) is 0 Å². The lowest BCUT2D eigenvalue weighted by atomic mass is 9.88. The summed E-state index contributed by atoms with van der Waals surface area (Å²) in [7, 11) is 0. The van der Waals surface area contributed by atoms with Crippen molar-refractivity contribution in [3.63, 3.8) is 0 Å².